The number of amides is 1. The van der Waals surface area contributed by atoms with Crippen molar-refractivity contribution >= 4 is 5.91 Å². The average Bonchev–Trinajstić information content (AvgIpc) is 3.21. The Bertz CT molecular complexity index is 1340. The number of nitrogens with zero attached hydrogens (tertiary/aromatic N) is 3. The van der Waals surface area contributed by atoms with Crippen LogP contribution in [0.15, 0.2) is 36.4 Å². The van der Waals surface area contributed by atoms with Crippen molar-refractivity contribution in [3.8, 4) is 28.6 Å². The highest BCUT2D eigenvalue weighted by atomic mass is 19.4. The highest BCUT2D eigenvalue weighted by Crippen LogP contribution is 2.41. The second-order valence-electron chi connectivity index (χ2n) is 10.5. The molecule has 4 rings (SSSR count). The molecular formula is C28H32F3N3O3. The Hall–Kier alpha value is -3.49. The minimum atomic E-state index is -4.51. The Morgan fingerprint density at radius 2 is 1.78 bits per heavy atom. The summed E-state index contributed by atoms with van der Waals surface area (Å²) in [6, 6.07) is 8.73. The Morgan fingerprint density at radius 3 is 2.38 bits per heavy atom. The number of aromatic nitrogens is 2. The number of carbonyl (C=O) groups excluding carboxylic acids is 1. The Kier molecular flexibility index (Phi) is 6.77. The number of ether oxygens (including phenoxy) is 2. The minimum absolute atomic E-state index is 0.127. The maximum Gasteiger partial charge on any atom is 0.416 e. The number of imidazole rings is 1. The van der Waals surface area contributed by atoms with Crippen molar-refractivity contribution in [2.24, 2.45) is 0 Å². The molecule has 1 aliphatic heterocycles. The van der Waals surface area contributed by atoms with Crippen LogP contribution in [0.25, 0.3) is 17.1 Å². The molecule has 1 amide bonds. The first-order valence-corrected chi connectivity index (χ1v) is 12.2. The molecule has 3 aromatic rings. The third-order valence-electron chi connectivity index (χ3n) is 6.53. The number of hydrogen-bond donors (Lipinski definition) is 0. The van der Waals surface area contributed by atoms with Crippen LogP contribution in [0.3, 0.4) is 0 Å². The number of halogens is 3. The lowest BCUT2D eigenvalue weighted by Crippen LogP contribution is -2.43. The van der Waals surface area contributed by atoms with E-state index in [0.717, 1.165) is 17.7 Å². The number of fused-ring (bicyclic) bond motifs is 3. The van der Waals surface area contributed by atoms with Gasteiger partial charge in [-0.25, -0.2) is 4.98 Å². The zero-order valence-corrected chi connectivity index (χ0v) is 22.2. The van der Waals surface area contributed by atoms with Crippen LogP contribution in [0.2, 0.25) is 0 Å². The van der Waals surface area contributed by atoms with Crippen molar-refractivity contribution in [3.05, 3.63) is 58.9 Å². The van der Waals surface area contributed by atoms with E-state index in [1.165, 1.54) is 6.07 Å². The number of aryl methyl sites for hydroxylation is 1. The number of benzene rings is 2. The van der Waals surface area contributed by atoms with Crippen molar-refractivity contribution in [2.45, 2.75) is 65.3 Å². The summed E-state index contributed by atoms with van der Waals surface area (Å²) < 4.78 is 54.0. The molecule has 2 heterocycles. The van der Waals surface area contributed by atoms with Gasteiger partial charge in [-0.3, -0.25) is 9.36 Å². The Labute approximate surface area is 215 Å². The lowest BCUT2D eigenvalue weighted by Gasteiger charge is -2.32. The molecule has 37 heavy (non-hydrogen) atoms. The number of hydrogen-bond acceptors (Lipinski definition) is 4. The van der Waals surface area contributed by atoms with Gasteiger partial charge in [0, 0.05) is 24.2 Å². The van der Waals surface area contributed by atoms with E-state index in [1.807, 2.05) is 46.8 Å². The standard InChI is InChI=1S/C28H32F3N3O3/c1-16(2)37-23-15-21-17(14-22(23)36-7)11-12-20-24(26(35)33(6)27(3,4)5)32-25(34(20)21)18-9-8-10-19(13-18)28(29,30)31/h8-10,13-16H,11-12H2,1-7H3. The van der Waals surface area contributed by atoms with Crippen LogP contribution in [-0.4, -0.2) is 46.2 Å². The van der Waals surface area contributed by atoms with Gasteiger partial charge >= 0.3 is 6.18 Å². The molecule has 0 saturated carbocycles. The lowest BCUT2D eigenvalue weighted by molar-refractivity contribution is -0.137. The molecule has 0 radical (unpaired) electrons. The second-order valence-corrected chi connectivity index (χ2v) is 10.5. The lowest BCUT2D eigenvalue weighted by atomic mass is 9.98. The fraction of sp³-hybridized carbons (Fsp3) is 0.429. The summed E-state index contributed by atoms with van der Waals surface area (Å²) in [6.07, 6.45) is -3.53. The molecule has 2 aromatic carbocycles. The van der Waals surface area contributed by atoms with Gasteiger partial charge in [-0.2, -0.15) is 13.2 Å². The maximum absolute atomic E-state index is 13.6. The highest BCUT2D eigenvalue weighted by molar-refractivity contribution is 5.95. The molecule has 9 heteroatoms. The summed E-state index contributed by atoms with van der Waals surface area (Å²) in [5.74, 6) is 1.06. The van der Waals surface area contributed by atoms with Crippen molar-refractivity contribution in [1.82, 2.24) is 14.5 Å². The molecule has 0 unspecified atom stereocenters. The molecule has 198 valence electrons. The van der Waals surface area contributed by atoms with E-state index < -0.39 is 17.3 Å². The van der Waals surface area contributed by atoms with Gasteiger partial charge in [-0.15, -0.1) is 0 Å². The van der Waals surface area contributed by atoms with Crippen molar-refractivity contribution in [1.29, 1.82) is 0 Å². The number of carbonyl (C=O) groups is 1. The second kappa shape index (κ2) is 9.43. The largest absolute Gasteiger partial charge is 0.493 e. The summed E-state index contributed by atoms with van der Waals surface area (Å²) in [5.41, 5.74) is 1.53. The first kappa shape index (κ1) is 26.6. The third kappa shape index (κ3) is 5.04. The summed E-state index contributed by atoms with van der Waals surface area (Å²) in [5, 5.41) is 0. The summed E-state index contributed by atoms with van der Waals surface area (Å²) in [6.45, 7) is 9.54. The summed E-state index contributed by atoms with van der Waals surface area (Å²) >= 11 is 0. The molecule has 0 atom stereocenters. The average molecular weight is 516 g/mol. The van der Waals surface area contributed by atoms with E-state index >= 15 is 0 Å². The summed E-state index contributed by atoms with van der Waals surface area (Å²) in [4.78, 5) is 19.9. The first-order valence-electron chi connectivity index (χ1n) is 12.2. The van der Waals surface area contributed by atoms with Crippen LogP contribution in [0.5, 0.6) is 11.5 Å². The van der Waals surface area contributed by atoms with Crippen molar-refractivity contribution in [2.75, 3.05) is 14.2 Å². The fourth-order valence-electron chi connectivity index (χ4n) is 4.37. The molecular weight excluding hydrogens is 483 g/mol. The predicted octanol–water partition coefficient (Wildman–Crippen LogP) is 6.32. The van der Waals surface area contributed by atoms with Crippen molar-refractivity contribution < 1.29 is 27.4 Å². The number of methoxy groups -OCH3 is 1. The topological polar surface area (TPSA) is 56.6 Å². The van der Waals surface area contributed by atoms with Gasteiger partial charge in [0.15, 0.2) is 17.2 Å². The Balaban J connectivity index is 2.00. The minimum Gasteiger partial charge on any atom is -0.493 e. The van der Waals surface area contributed by atoms with E-state index in [0.29, 0.717) is 35.7 Å². The van der Waals surface area contributed by atoms with Gasteiger partial charge in [0.2, 0.25) is 0 Å². The molecule has 1 aromatic heterocycles. The molecule has 1 aliphatic rings. The predicted molar refractivity (Wildman–Crippen MR) is 136 cm³/mol. The monoisotopic (exact) mass is 515 g/mol. The van der Waals surface area contributed by atoms with Crippen LogP contribution in [0.1, 0.15) is 61.9 Å². The zero-order chi connectivity index (χ0) is 27.3. The third-order valence-corrected chi connectivity index (χ3v) is 6.53. The fourth-order valence-corrected chi connectivity index (χ4v) is 4.37. The highest BCUT2D eigenvalue weighted by Gasteiger charge is 2.35. The zero-order valence-electron chi connectivity index (χ0n) is 22.2. The van der Waals surface area contributed by atoms with Gasteiger partial charge in [0.1, 0.15) is 5.82 Å². The quantitative estimate of drug-likeness (QED) is 0.399. The molecule has 6 nitrogen and oxygen atoms in total. The number of alkyl halides is 3. The van der Waals surface area contributed by atoms with Gasteiger partial charge in [0.25, 0.3) is 5.91 Å². The molecule has 0 spiro atoms. The van der Waals surface area contributed by atoms with Gasteiger partial charge < -0.3 is 14.4 Å². The van der Waals surface area contributed by atoms with E-state index in [4.69, 9.17) is 9.47 Å². The smallest absolute Gasteiger partial charge is 0.416 e. The van der Waals surface area contributed by atoms with E-state index in [1.54, 1.807) is 29.7 Å². The summed E-state index contributed by atoms with van der Waals surface area (Å²) in [7, 11) is 3.27. The number of rotatable bonds is 5. The van der Waals surface area contributed by atoms with Crippen LogP contribution in [0, 0.1) is 0 Å². The SMILES string of the molecule is COc1cc2c(cc1OC(C)C)-n1c(-c3cccc(C(F)(F)F)c3)nc(C(=O)N(C)C(C)(C)C)c1CC2. The van der Waals surface area contributed by atoms with Gasteiger partial charge in [0.05, 0.1) is 30.2 Å². The first-order chi connectivity index (χ1) is 17.2. The molecule has 0 bridgehead atoms. The van der Waals surface area contributed by atoms with Crippen LogP contribution < -0.4 is 9.47 Å². The molecule has 0 aliphatic carbocycles. The van der Waals surface area contributed by atoms with Crippen LogP contribution in [-0.2, 0) is 19.0 Å². The molecule has 0 N–H and O–H groups in total. The van der Waals surface area contributed by atoms with E-state index in [2.05, 4.69) is 4.98 Å². The molecule has 0 fully saturated rings. The van der Waals surface area contributed by atoms with Crippen molar-refractivity contribution in [3.63, 3.8) is 0 Å². The Morgan fingerprint density at radius 1 is 1.08 bits per heavy atom. The van der Waals surface area contributed by atoms with E-state index in [9.17, 15) is 18.0 Å². The maximum atomic E-state index is 13.6. The van der Waals surface area contributed by atoms with Gasteiger partial charge in [-0.1, -0.05) is 12.1 Å². The van der Waals surface area contributed by atoms with Gasteiger partial charge in [-0.05, 0) is 71.2 Å². The van der Waals surface area contributed by atoms with Crippen LogP contribution >= 0.6 is 0 Å². The van der Waals surface area contributed by atoms with E-state index in [-0.39, 0.29) is 29.1 Å². The van der Waals surface area contributed by atoms with Crippen LogP contribution in [0.4, 0.5) is 13.2 Å². The molecule has 0 saturated heterocycles. The normalized spacial score (nSPS) is 13.3.